The van der Waals surface area contributed by atoms with E-state index in [9.17, 15) is 18.3 Å². The molecule has 0 unspecified atom stereocenters. The van der Waals surface area contributed by atoms with Crippen LogP contribution >= 0.6 is 0 Å². The zero-order valence-corrected chi connectivity index (χ0v) is 13.6. The fourth-order valence-electron chi connectivity index (χ4n) is 2.31. The monoisotopic (exact) mass is 345 g/mol. The quantitative estimate of drug-likeness (QED) is 0.876. The lowest BCUT2D eigenvalue weighted by atomic mass is 10.2. The third kappa shape index (κ3) is 3.10. The average Bonchev–Trinajstić information content (AvgIpc) is 3.04. The second-order valence-corrected chi connectivity index (χ2v) is 7.24. The number of carboxylic acids is 1. The van der Waals surface area contributed by atoms with Crippen molar-refractivity contribution in [3.05, 3.63) is 66.5 Å². The molecule has 2 aromatic rings. The predicted molar refractivity (Wildman–Crippen MR) is 90.2 cm³/mol. The molecule has 24 heavy (non-hydrogen) atoms. The van der Waals surface area contributed by atoms with E-state index in [1.165, 1.54) is 18.2 Å². The molecule has 8 heteroatoms. The van der Waals surface area contributed by atoms with E-state index < -0.39 is 15.8 Å². The summed E-state index contributed by atoms with van der Waals surface area (Å²) in [6.45, 7) is 0. The highest BCUT2D eigenvalue weighted by Gasteiger charge is 2.20. The Bertz CT molecular complexity index is 907. The standard InChI is InChI=1S/C16H15N3O4S/c1-24(22,23)13-8-6-12(7-9-13)18-10-11-19(17-18)15-5-3-2-4-14(15)16(20)21/h2-11,17H,1H3,(H,20,21). The summed E-state index contributed by atoms with van der Waals surface area (Å²) < 4.78 is 23.0. The van der Waals surface area contributed by atoms with Gasteiger partial charge in [-0.1, -0.05) is 12.1 Å². The molecule has 0 saturated heterocycles. The van der Waals surface area contributed by atoms with Crippen LogP contribution in [-0.2, 0) is 9.84 Å². The molecule has 124 valence electrons. The number of hydrogen-bond donors (Lipinski definition) is 2. The lowest BCUT2D eigenvalue weighted by Gasteiger charge is -2.23. The van der Waals surface area contributed by atoms with Crippen LogP contribution in [0.15, 0.2) is 65.8 Å². The number of hydrogen-bond acceptors (Lipinski definition) is 6. The highest BCUT2D eigenvalue weighted by atomic mass is 32.2. The van der Waals surface area contributed by atoms with Gasteiger partial charge in [-0.2, -0.15) is 0 Å². The summed E-state index contributed by atoms with van der Waals surface area (Å²) in [5.74, 6) is -1.02. The van der Waals surface area contributed by atoms with Crippen LogP contribution in [0, 0.1) is 0 Å². The Morgan fingerprint density at radius 1 is 1.00 bits per heavy atom. The maximum Gasteiger partial charge on any atom is 0.337 e. The van der Waals surface area contributed by atoms with Gasteiger partial charge >= 0.3 is 5.97 Å². The summed E-state index contributed by atoms with van der Waals surface area (Å²) in [4.78, 5) is 11.6. The number of rotatable bonds is 4. The number of carbonyl (C=O) groups is 1. The molecule has 0 saturated carbocycles. The van der Waals surface area contributed by atoms with Crippen molar-refractivity contribution in [1.29, 1.82) is 0 Å². The van der Waals surface area contributed by atoms with Crippen LogP contribution in [0.25, 0.3) is 0 Å². The second-order valence-electron chi connectivity index (χ2n) is 5.23. The molecule has 7 nitrogen and oxygen atoms in total. The number of carboxylic acid groups (broad SMARTS) is 1. The van der Waals surface area contributed by atoms with Gasteiger partial charge in [-0.3, -0.25) is 10.0 Å². The van der Waals surface area contributed by atoms with Crippen molar-refractivity contribution in [2.75, 3.05) is 16.3 Å². The van der Waals surface area contributed by atoms with E-state index >= 15 is 0 Å². The first kappa shape index (κ1) is 16.0. The third-order valence-corrected chi connectivity index (χ3v) is 4.65. The van der Waals surface area contributed by atoms with Crippen molar-refractivity contribution in [3.63, 3.8) is 0 Å². The Balaban J connectivity index is 1.82. The highest BCUT2D eigenvalue weighted by molar-refractivity contribution is 7.90. The van der Waals surface area contributed by atoms with E-state index in [1.54, 1.807) is 52.7 Å². The zero-order chi connectivity index (χ0) is 17.3. The summed E-state index contributed by atoms with van der Waals surface area (Å²) in [6, 6.07) is 13.0. The molecular formula is C16H15N3O4S. The van der Waals surface area contributed by atoms with Crippen molar-refractivity contribution in [3.8, 4) is 0 Å². The fraction of sp³-hybridized carbons (Fsp3) is 0.0625. The molecule has 1 heterocycles. The van der Waals surface area contributed by atoms with Crippen molar-refractivity contribution in [2.24, 2.45) is 0 Å². The van der Waals surface area contributed by atoms with Crippen LogP contribution in [0.3, 0.4) is 0 Å². The lowest BCUT2D eigenvalue weighted by molar-refractivity contribution is 0.0697. The van der Waals surface area contributed by atoms with Gasteiger partial charge in [0.25, 0.3) is 0 Å². The molecule has 0 bridgehead atoms. The maximum atomic E-state index is 11.5. The van der Waals surface area contributed by atoms with Gasteiger partial charge < -0.3 is 5.11 Å². The first-order chi connectivity index (χ1) is 11.4. The predicted octanol–water partition coefficient (Wildman–Crippen LogP) is 2.01. The van der Waals surface area contributed by atoms with Gasteiger partial charge in [-0.05, 0) is 36.4 Å². The summed E-state index contributed by atoms with van der Waals surface area (Å²) in [5.41, 5.74) is 4.40. The number of nitrogens with zero attached hydrogens (tertiary/aromatic N) is 2. The van der Waals surface area contributed by atoms with Gasteiger partial charge in [0.1, 0.15) is 0 Å². The summed E-state index contributed by atoms with van der Waals surface area (Å²) in [6.07, 6.45) is 4.56. The highest BCUT2D eigenvalue weighted by Crippen LogP contribution is 2.24. The molecule has 0 fully saturated rings. The van der Waals surface area contributed by atoms with E-state index in [2.05, 4.69) is 5.53 Å². The van der Waals surface area contributed by atoms with E-state index in [4.69, 9.17) is 0 Å². The van der Waals surface area contributed by atoms with E-state index in [0.29, 0.717) is 11.4 Å². The van der Waals surface area contributed by atoms with Gasteiger partial charge in [-0.25, -0.2) is 13.2 Å². The number of aromatic carboxylic acids is 1. The molecule has 0 atom stereocenters. The smallest absolute Gasteiger partial charge is 0.337 e. The minimum atomic E-state index is -3.24. The normalized spacial score (nSPS) is 14.2. The van der Waals surface area contributed by atoms with Gasteiger partial charge in [0, 0.05) is 18.7 Å². The molecule has 0 aromatic heterocycles. The summed E-state index contributed by atoms with van der Waals surface area (Å²) in [5, 5.41) is 12.5. The largest absolute Gasteiger partial charge is 0.478 e. The van der Waals surface area contributed by atoms with Crippen LogP contribution in [-0.4, -0.2) is 25.7 Å². The van der Waals surface area contributed by atoms with Crippen LogP contribution < -0.4 is 15.6 Å². The van der Waals surface area contributed by atoms with Crippen LogP contribution in [0.5, 0.6) is 0 Å². The summed E-state index contributed by atoms with van der Waals surface area (Å²) >= 11 is 0. The van der Waals surface area contributed by atoms with Crippen molar-refractivity contribution in [1.82, 2.24) is 5.53 Å². The maximum absolute atomic E-state index is 11.5. The van der Waals surface area contributed by atoms with Gasteiger partial charge in [0.05, 0.1) is 21.8 Å². The second kappa shape index (κ2) is 5.99. The molecule has 0 aliphatic carbocycles. The lowest BCUT2D eigenvalue weighted by Crippen LogP contribution is -2.40. The minimum absolute atomic E-state index is 0.170. The van der Waals surface area contributed by atoms with Crippen molar-refractivity contribution in [2.45, 2.75) is 4.90 Å². The number of sulfone groups is 1. The first-order valence-electron chi connectivity index (χ1n) is 7.02. The molecule has 0 amide bonds. The van der Waals surface area contributed by atoms with E-state index in [-0.39, 0.29) is 10.5 Å². The molecule has 2 N–H and O–H groups in total. The number of benzene rings is 2. The Hall–Kier alpha value is -2.84. The fourth-order valence-corrected chi connectivity index (χ4v) is 2.94. The average molecular weight is 345 g/mol. The molecule has 2 aromatic carbocycles. The number of nitrogens with one attached hydrogen (secondary N) is 1. The number of para-hydroxylation sites is 1. The van der Waals surface area contributed by atoms with E-state index in [1.807, 2.05) is 0 Å². The molecule has 1 aliphatic heterocycles. The Kier molecular flexibility index (Phi) is 4.00. The summed E-state index contributed by atoms with van der Waals surface area (Å²) in [7, 11) is -3.24. The van der Waals surface area contributed by atoms with Gasteiger partial charge in [0.15, 0.2) is 9.84 Å². The number of anilines is 2. The van der Waals surface area contributed by atoms with Crippen LogP contribution in [0.2, 0.25) is 0 Å². The topological polar surface area (TPSA) is 90.0 Å². The third-order valence-electron chi connectivity index (χ3n) is 3.52. The molecular weight excluding hydrogens is 330 g/mol. The molecule has 0 spiro atoms. The van der Waals surface area contributed by atoms with Crippen molar-refractivity contribution < 1.29 is 18.3 Å². The van der Waals surface area contributed by atoms with Gasteiger partial charge in [-0.15, -0.1) is 5.53 Å². The Morgan fingerprint density at radius 2 is 1.62 bits per heavy atom. The Morgan fingerprint density at radius 3 is 2.25 bits per heavy atom. The molecule has 1 aliphatic rings. The number of hydrazine groups is 2. The molecule has 0 radical (unpaired) electrons. The van der Waals surface area contributed by atoms with Crippen LogP contribution in [0.1, 0.15) is 10.4 Å². The Labute approximate surface area is 139 Å². The minimum Gasteiger partial charge on any atom is -0.478 e. The zero-order valence-electron chi connectivity index (χ0n) is 12.7. The molecule has 3 rings (SSSR count). The van der Waals surface area contributed by atoms with Gasteiger partial charge in [0.2, 0.25) is 0 Å². The van der Waals surface area contributed by atoms with Crippen molar-refractivity contribution >= 4 is 27.2 Å². The van der Waals surface area contributed by atoms with Crippen LogP contribution in [0.4, 0.5) is 11.4 Å². The first-order valence-corrected chi connectivity index (χ1v) is 8.91. The SMILES string of the molecule is CS(=O)(=O)c1ccc(N2C=CN(c3ccccc3C(=O)O)N2)cc1. The van der Waals surface area contributed by atoms with E-state index in [0.717, 1.165) is 6.26 Å².